The summed E-state index contributed by atoms with van der Waals surface area (Å²) in [6, 6.07) is 9.17. The summed E-state index contributed by atoms with van der Waals surface area (Å²) in [5.74, 6) is 0.625. The lowest BCUT2D eigenvalue weighted by atomic mass is 9.96. The van der Waals surface area contributed by atoms with Crippen LogP contribution >= 0.6 is 0 Å². The van der Waals surface area contributed by atoms with Gasteiger partial charge in [-0.25, -0.2) is 0 Å². The molecule has 1 saturated heterocycles. The number of likely N-dealkylation sites (tertiary alicyclic amines) is 1. The van der Waals surface area contributed by atoms with Gasteiger partial charge in [0.25, 0.3) is 0 Å². The van der Waals surface area contributed by atoms with Crippen molar-refractivity contribution in [2.75, 3.05) is 26.2 Å². The van der Waals surface area contributed by atoms with Crippen LogP contribution in [0.15, 0.2) is 24.3 Å². The van der Waals surface area contributed by atoms with Crippen LogP contribution in [0.3, 0.4) is 0 Å². The zero-order chi connectivity index (χ0) is 14.4. The summed E-state index contributed by atoms with van der Waals surface area (Å²) in [7, 11) is 0. The second-order valence-corrected chi connectivity index (χ2v) is 5.00. The second-order valence-electron chi connectivity index (χ2n) is 5.00. The van der Waals surface area contributed by atoms with Gasteiger partial charge in [-0.05, 0) is 50.2 Å². The number of nitriles is 1. The summed E-state index contributed by atoms with van der Waals surface area (Å²) in [5.41, 5.74) is 5.94. The summed E-state index contributed by atoms with van der Waals surface area (Å²) in [4.78, 5) is 13.3. The molecule has 2 rings (SSSR count). The predicted octanol–water partition coefficient (Wildman–Crippen LogP) is 1.13. The van der Waals surface area contributed by atoms with Crippen LogP contribution in [0.5, 0.6) is 5.75 Å². The molecule has 1 aromatic carbocycles. The smallest absolute Gasteiger partial charge is 0.220 e. The van der Waals surface area contributed by atoms with Crippen LogP contribution in [0.1, 0.15) is 18.4 Å². The molecule has 1 aromatic rings. The molecule has 1 aliphatic heterocycles. The average molecular weight is 273 g/mol. The largest absolute Gasteiger partial charge is 0.492 e. The first-order chi connectivity index (χ1) is 9.69. The Bertz CT molecular complexity index is 485. The van der Waals surface area contributed by atoms with Crippen molar-refractivity contribution < 1.29 is 9.53 Å². The summed E-state index contributed by atoms with van der Waals surface area (Å²) in [6.45, 7) is 3.23. The maximum absolute atomic E-state index is 11.1. The topological polar surface area (TPSA) is 79.3 Å². The van der Waals surface area contributed by atoms with Gasteiger partial charge in [0.15, 0.2) is 0 Å². The minimum atomic E-state index is -0.182. The number of hydrogen-bond donors (Lipinski definition) is 1. The van der Waals surface area contributed by atoms with Crippen LogP contribution in [0.25, 0.3) is 0 Å². The highest BCUT2D eigenvalue weighted by Crippen LogP contribution is 2.16. The molecule has 1 aliphatic rings. The third-order valence-electron chi connectivity index (χ3n) is 3.65. The Hall–Kier alpha value is -2.06. The van der Waals surface area contributed by atoms with E-state index in [-0.39, 0.29) is 11.8 Å². The molecule has 20 heavy (non-hydrogen) atoms. The van der Waals surface area contributed by atoms with E-state index in [1.54, 1.807) is 24.3 Å². The predicted molar refractivity (Wildman–Crippen MR) is 75.0 cm³/mol. The van der Waals surface area contributed by atoms with E-state index < -0.39 is 0 Å². The number of piperidine rings is 1. The average Bonchev–Trinajstić information content (AvgIpc) is 2.48. The standard InChI is InChI=1S/C15H19N3O2/c16-11-12-1-3-14(4-2-12)20-10-9-18-7-5-13(6-8-18)15(17)19/h1-4,13H,5-10H2,(H2,17,19). The van der Waals surface area contributed by atoms with E-state index >= 15 is 0 Å². The van der Waals surface area contributed by atoms with E-state index in [1.165, 1.54) is 0 Å². The van der Waals surface area contributed by atoms with Gasteiger partial charge in [-0.15, -0.1) is 0 Å². The van der Waals surface area contributed by atoms with Crippen LogP contribution in [-0.2, 0) is 4.79 Å². The number of primary amides is 1. The van der Waals surface area contributed by atoms with Gasteiger partial charge in [0.1, 0.15) is 12.4 Å². The molecule has 5 heteroatoms. The molecule has 0 saturated carbocycles. The number of amides is 1. The van der Waals surface area contributed by atoms with Gasteiger partial charge in [0.05, 0.1) is 11.6 Å². The van der Waals surface area contributed by atoms with Gasteiger partial charge in [-0.2, -0.15) is 5.26 Å². The summed E-state index contributed by atoms with van der Waals surface area (Å²) < 4.78 is 5.64. The van der Waals surface area contributed by atoms with Gasteiger partial charge < -0.3 is 10.5 Å². The van der Waals surface area contributed by atoms with Gasteiger partial charge in [-0.3, -0.25) is 9.69 Å². The molecular formula is C15H19N3O2. The molecule has 0 aromatic heterocycles. The van der Waals surface area contributed by atoms with Crippen LogP contribution in [0, 0.1) is 17.2 Å². The first-order valence-electron chi connectivity index (χ1n) is 6.83. The van der Waals surface area contributed by atoms with Gasteiger partial charge in [0.2, 0.25) is 5.91 Å². The molecule has 1 fully saturated rings. The Balaban J connectivity index is 1.69. The molecular weight excluding hydrogens is 254 g/mol. The lowest BCUT2D eigenvalue weighted by Crippen LogP contribution is -2.40. The fourth-order valence-electron chi connectivity index (χ4n) is 2.36. The van der Waals surface area contributed by atoms with Gasteiger partial charge in [0, 0.05) is 12.5 Å². The number of rotatable bonds is 5. The molecule has 1 heterocycles. The number of carbonyl (C=O) groups is 1. The second kappa shape index (κ2) is 6.92. The van der Waals surface area contributed by atoms with E-state index in [9.17, 15) is 4.79 Å². The molecule has 106 valence electrons. The Morgan fingerprint density at radius 3 is 2.55 bits per heavy atom. The third-order valence-corrected chi connectivity index (χ3v) is 3.65. The SMILES string of the molecule is N#Cc1ccc(OCCN2CCC(C(N)=O)CC2)cc1. The fourth-order valence-corrected chi connectivity index (χ4v) is 2.36. The van der Waals surface area contributed by atoms with Crippen LogP contribution in [0.2, 0.25) is 0 Å². The maximum Gasteiger partial charge on any atom is 0.220 e. The Labute approximate surface area is 118 Å². The molecule has 5 nitrogen and oxygen atoms in total. The molecule has 0 radical (unpaired) electrons. The first kappa shape index (κ1) is 14.4. The van der Waals surface area contributed by atoms with E-state index in [0.717, 1.165) is 38.2 Å². The highest BCUT2D eigenvalue weighted by Gasteiger charge is 2.22. The number of ether oxygens (including phenoxy) is 1. The maximum atomic E-state index is 11.1. The number of nitrogens with zero attached hydrogens (tertiary/aromatic N) is 2. The number of carbonyl (C=O) groups excluding carboxylic acids is 1. The summed E-state index contributed by atoms with van der Waals surface area (Å²) in [6.07, 6.45) is 1.68. The summed E-state index contributed by atoms with van der Waals surface area (Å²) in [5, 5.41) is 8.70. The quantitative estimate of drug-likeness (QED) is 0.872. The van der Waals surface area contributed by atoms with Gasteiger partial charge in [-0.1, -0.05) is 0 Å². The van der Waals surface area contributed by atoms with Crippen LogP contribution < -0.4 is 10.5 Å². The van der Waals surface area contributed by atoms with Crippen molar-refractivity contribution in [2.24, 2.45) is 11.7 Å². The first-order valence-corrected chi connectivity index (χ1v) is 6.83. The number of nitrogens with two attached hydrogens (primary N) is 1. The van der Waals surface area contributed by atoms with E-state index in [1.807, 2.05) is 0 Å². The molecule has 0 spiro atoms. The van der Waals surface area contributed by atoms with Crippen LogP contribution in [0.4, 0.5) is 0 Å². The highest BCUT2D eigenvalue weighted by molar-refractivity contribution is 5.76. The van der Waals surface area contributed by atoms with Gasteiger partial charge >= 0.3 is 0 Å². The molecule has 1 amide bonds. The van der Waals surface area contributed by atoms with E-state index in [0.29, 0.717) is 12.2 Å². The van der Waals surface area contributed by atoms with Crippen molar-refractivity contribution >= 4 is 5.91 Å². The molecule has 2 N–H and O–H groups in total. The lowest BCUT2D eigenvalue weighted by molar-refractivity contribution is -0.123. The van der Waals surface area contributed by atoms with Crippen molar-refractivity contribution in [1.29, 1.82) is 5.26 Å². The van der Waals surface area contributed by atoms with E-state index in [4.69, 9.17) is 15.7 Å². The van der Waals surface area contributed by atoms with Crippen molar-refractivity contribution in [3.05, 3.63) is 29.8 Å². The Morgan fingerprint density at radius 1 is 1.35 bits per heavy atom. The number of benzene rings is 1. The van der Waals surface area contributed by atoms with Crippen LogP contribution in [-0.4, -0.2) is 37.0 Å². The molecule has 0 bridgehead atoms. The Morgan fingerprint density at radius 2 is 2.00 bits per heavy atom. The number of hydrogen-bond acceptors (Lipinski definition) is 4. The lowest BCUT2D eigenvalue weighted by Gasteiger charge is -2.30. The molecule has 0 aliphatic carbocycles. The zero-order valence-electron chi connectivity index (χ0n) is 11.4. The third kappa shape index (κ3) is 3.97. The van der Waals surface area contributed by atoms with Crippen molar-refractivity contribution in [3.63, 3.8) is 0 Å². The zero-order valence-corrected chi connectivity index (χ0v) is 11.4. The monoisotopic (exact) mass is 273 g/mol. The van der Waals surface area contributed by atoms with Crippen molar-refractivity contribution in [2.45, 2.75) is 12.8 Å². The molecule has 0 atom stereocenters. The summed E-state index contributed by atoms with van der Waals surface area (Å²) >= 11 is 0. The van der Waals surface area contributed by atoms with Crippen molar-refractivity contribution in [1.82, 2.24) is 4.90 Å². The molecule has 0 unspecified atom stereocenters. The van der Waals surface area contributed by atoms with Crippen molar-refractivity contribution in [3.8, 4) is 11.8 Å². The normalized spacial score (nSPS) is 16.6. The highest BCUT2D eigenvalue weighted by atomic mass is 16.5. The van der Waals surface area contributed by atoms with E-state index in [2.05, 4.69) is 11.0 Å². The minimum Gasteiger partial charge on any atom is -0.492 e. The Kier molecular flexibility index (Phi) is 4.97. The fraction of sp³-hybridized carbons (Fsp3) is 0.467. The minimum absolute atomic E-state index is 0.0331.